The normalized spacial score (nSPS) is 10.7. The molecule has 2 N–H and O–H groups in total. The zero-order chi connectivity index (χ0) is 56.1. The lowest BCUT2D eigenvalue weighted by Gasteiger charge is -2.05. The summed E-state index contributed by atoms with van der Waals surface area (Å²) in [6, 6.07) is 26.2. The molecule has 4 aliphatic rings. The molecule has 410 valence electrons. The number of rotatable bonds is 0. The number of fused-ring (bicyclic) bond motifs is 1. The van der Waals surface area contributed by atoms with Crippen LogP contribution in [0.25, 0.3) is 6.08 Å². The van der Waals surface area contributed by atoms with Crippen molar-refractivity contribution in [2.45, 2.75) is 189 Å². The highest BCUT2D eigenvalue weighted by Gasteiger charge is 2.03. The van der Waals surface area contributed by atoms with Crippen molar-refractivity contribution in [3.63, 3.8) is 0 Å². The van der Waals surface area contributed by atoms with Gasteiger partial charge in [0.15, 0.2) is 6.39 Å². The standard InChI is InChI=1S/C9H8.C6H12.C6H6.C5H5N.C5H8.C4H4N2.C3H6N2O.C3H3NO.C3H3NS.9C2H6/c1-2-5-9-7-3-6-8(9)4-1;3*1-2-4-6-5-3-1;1-2-4-5-3-1;1-2-6-4-3-5-1;6-3-4-1-2-5-3;2*1-2-5-3-4-1;9*1-2/h1-6H,7H2;1-6H2;1-6H;1-5H;1-2H,3-5H2;1-4H;1-2H2,(H2,4,5,6);2*1-3H;9*1-2H3. The predicted octanol–water partition coefficient (Wildman–Crippen LogP) is 19.9. The minimum Gasteiger partial charge on any atom is -0.452 e. The Kier molecular flexibility index (Phi) is 110. The van der Waals surface area contributed by atoms with Gasteiger partial charge >= 0.3 is 6.03 Å². The topological polar surface area (TPSA) is 119 Å². The number of hydrogen-bond acceptors (Lipinski definition) is 8. The van der Waals surface area contributed by atoms with Gasteiger partial charge in [-0.2, -0.15) is 0 Å². The van der Waals surface area contributed by atoms with E-state index in [0.29, 0.717) is 0 Å². The highest BCUT2D eigenvalue weighted by atomic mass is 32.1. The van der Waals surface area contributed by atoms with Gasteiger partial charge in [-0.3, -0.25) is 19.9 Å². The lowest BCUT2D eigenvalue weighted by Crippen LogP contribution is -2.20. The molecule has 0 spiro atoms. The summed E-state index contributed by atoms with van der Waals surface area (Å²) in [5.41, 5.74) is 4.63. The highest BCUT2D eigenvalue weighted by molar-refractivity contribution is 7.07. The monoisotopic (exact) mass is 1020 g/mol. The molecule has 2 amide bonds. The lowest BCUT2D eigenvalue weighted by atomic mass is 10.0. The Morgan fingerprint density at radius 1 is 0.431 bits per heavy atom. The van der Waals surface area contributed by atoms with Crippen LogP contribution in [0.5, 0.6) is 0 Å². The molecule has 6 aromatic rings. The second-order valence-electron chi connectivity index (χ2n) is 11.4. The fourth-order valence-corrected chi connectivity index (χ4v) is 4.91. The van der Waals surface area contributed by atoms with Crippen LogP contribution in [-0.2, 0) is 6.42 Å². The minimum atomic E-state index is -0.0463. The van der Waals surface area contributed by atoms with Crippen LogP contribution >= 0.6 is 11.3 Å². The van der Waals surface area contributed by atoms with E-state index in [1.807, 2.05) is 185 Å². The summed E-state index contributed by atoms with van der Waals surface area (Å²) >= 11 is 1.60. The largest absolute Gasteiger partial charge is 0.452 e. The third-order valence-corrected chi connectivity index (χ3v) is 7.72. The van der Waals surface area contributed by atoms with Gasteiger partial charge in [0.1, 0.15) is 6.26 Å². The van der Waals surface area contributed by atoms with E-state index in [9.17, 15) is 4.79 Å². The highest BCUT2D eigenvalue weighted by Crippen LogP contribution is 2.17. The third kappa shape index (κ3) is 78.4. The number of oxazole rings is 1. The Bertz CT molecular complexity index is 1400. The molecule has 9 nitrogen and oxygen atoms in total. The fourth-order valence-electron chi connectivity index (χ4n) is 4.56. The zero-order valence-electron chi connectivity index (χ0n) is 49.2. The van der Waals surface area contributed by atoms with Crippen LogP contribution in [0.2, 0.25) is 0 Å². The molecular formula is C62H109N7O2S. The molecular weight excluding hydrogens is 907 g/mol. The molecule has 5 heterocycles. The van der Waals surface area contributed by atoms with E-state index in [1.165, 1.54) is 81.6 Å². The molecule has 0 unspecified atom stereocenters. The average molecular weight is 1020 g/mol. The number of carbonyl (C=O) groups is 1. The van der Waals surface area contributed by atoms with Gasteiger partial charge in [-0.05, 0) is 48.9 Å². The molecule has 3 aliphatic carbocycles. The molecule has 1 aliphatic heterocycles. The molecule has 10 rings (SSSR count). The molecule has 72 heavy (non-hydrogen) atoms. The van der Waals surface area contributed by atoms with E-state index in [0.717, 1.165) is 19.5 Å². The summed E-state index contributed by atoms with van der Waals surface area (Å²) in [4.78, 5) is 28.5. The SMILES string of the molecule is C1=CCCC1.C1=Cc2ccccc2C1.C1CCCCC1.CC.CC.CC.CC.CC.CC.CC.CC.CC.O=C1NCCN1.c1ccccc1.c1ccncc1.c1cnccn1.c1cocn1.c1cscn1. The number of allylic oxidation sites excluding steroid dienone is 3. The maximum absolute atomic E-state index is 10.0. The lowest BCUT2D eigenvalue weighted by molar-refractivity contribution is 0.248. The van der Waals surface area contributed by atoms with E-state index < -0.39 is 0 Å². The second kappa shape index (κ2) is 95.0. The van der Waals surface area contributed by atoms with Crippen molar-refractivity contribution in [2.75, 3.05) is 13.1 Å². The number of hydrogen-bond donors (Lipinski definition) is 2. The van der Waals surface area contributed by atoms with Crippen LogP contribution in [0.1, 0.15) is 194 Å². The molecule has 2 fully saturated rings. The van der Waals surface area contributed by atoms with Crippen LogP contribution in [0.3, 0.4) is 0 Å². The van der Waals surface area contributed by atoms with E-state index >= 15 is 0 Å². The maximum Gasteiger partial charge on any atom is 0.314 e. The number of amides is 2. The maximum atomic E-state index is 10.0. The molecule has 0 radical (unpaired) electrons. The number of aromatic nitrogens is 5. The number of urea groups is 1. The number of thiazole rings is 1. The summed E-state index contributed by atoms with van der Waals surface area (Å²) in [5.74, 6) is 0. The summed E-state index contributed by atoms with van der Waals surface area (Å²) in [7, 11) is 0. The summed E-state index contributed by atoms with van der Waals surface area (Å²) in [6.07, 6.45) is 39.3. The minimum absolute atomic E-state index is 0.0463. The quantitative estimate of drug-likeness (QED) is 0.145. The first-order valence-electron chi connectivity index (χ1n) is 27.5. The summed E-state index contributed by atoms with van der Waals surface area (Å²) < 4.78 is 4.47. The van der Waals surface area contributed by atoms with Crippen LogP contribution < -0.4 is 10.6 Å². The van der Waals surface area contributed by atoms with Gasteiger partial charge < -0.3 is 15.1 Å². The smallest absolute Gasteiger partial charge is 0.314 e. The van der Waals surface area contributed by atoms with Crippen molar-refractivity contribution in [2.24, 2.45) is 0 Å². The second-order valence-corrected chi connectivity index (χ2v) is 12.2. The van der Waals surface area contributed by atoms with Crippen LogP contribution in [0, 0.1) is 0 Å². The van der Waals surface area contributed by atoms with E-state index in [4.69, 9.17) is 0 Å². The third-order valence-electron chi connectivity index (χ3n) is 7.20. The molecule has 1 saturated carbocycles. The van der Waals surface area contributed by atoms with Gasteiger partial charge in [0, 0.05) is 61.8 Å². The van der Waals surface area contributed by atoms with Crippen LogP contribution in [0.4, 0.5) is 4.79 Å². The van der Waals surface area contributed by atoms with Crippen molar-refractivity contribution in [1.29, 1.82) is 0 Å². The predicted molar refractivity (Wildman–Crippen MR) is 325 cm³/mol. The number of pyridine rings is 1. The summed E-state index contributed by atoms with van der Waals surface area (Å²) in [5, 5.41) is 7.07. The number of benzene rings is 2. The van der Waals surface area contributed by atoms with E-state index in [-0.39, 0.29) is 6.03 Å². The average Bonchev–Trinajstić information content (AvgIpc) is 4.40. The Balaban J connectivity index is -0.000000103. The molecule has 4 aromatic heterocycles. The number of carbonyl (C=O) groups excluding carboxylic acids is 1. The van der Waals surface area contributed by atoms with Crippen molar-refractivity contribution < 1.29 is 9.21 Å². The molecule has 10 heteroatoms. The molecule has 1 saturated heterocycles. The Morgan fingerprint density at radius 2 is 0.847 bits per heavy atom. The van der Waals surface area contributed by atoms with E-state index in [2.05, 4.69) is 88.5 Å². The summed E-state index contributed by atoms with van der Waals surface area (Å²) in [6.45, 7) is 37.6. The van der Waals surface area contributed by atoms with Gasteiger partial charge in [0.25, 0.3) is 0 Å². The van der Waals surface area contributed by atoms with Crippen molar-refractivity contribution in [1.82, 2.24) is 35.6 Å². The van der Waals surface area contributed by atoms with Gasteiger partial charge in [0.2, 0.25) is 0 Å². The Labute approximate surface area is 449 Å². The fraction of sp³-hybridized carbons (Fsp3) is 0.484. The number of nitrogens with one attached hydrogen (secondary N) is 2. The first-order valence-corrected chi connectivity index (χ1v) is 28.4. The van der Waals surface area contributed by atoms with Crippen molar-refractivity contribution in [3.8, 4) is 0 Å². The zero-order valence-corrected chi connectivity index (χ0v) is 50.0. The molecule has 0 bridgehead atoms. The van der Waals surface area contributed by atoms with E-state index in [1.54, 1.807) is 66.4 Å². The van der Waals surface area contributed by atoms with Crippen LogP contribution in [-0.4, -0.2) is 44.0 Å². The Hall–Kier alpha value is -5.74. The molecule has 2 aromatic carbocycles. The first kappa shape index (κ1) is 83.1. The van der Waals surface area contributed by atoms with Gasteiger partial charge in [-0.25, -0.2) is 9.78 Å². The number of nitrogens with zero attached hydrogens (tertiary/aromatic N) is 5. The van der Waals surface area contributed by atoms with Crippen molar-refractivity contribution >= 4 is 23.4 Å². The van der Waals surface area contributed by atoms with Gasteiger partial charge in [0.05, 0.1) is 11.7 Å². The van der Waals surface area contributed by atoms with Gasteiger partial charge in [-0.1, -0.05) is 254 Å². The van der Waals surface area contributed by atoms with Crippen LogP contribution in [0.15, 0.2) is 175 Å². The Morgan fingerprint density at radius 3 is 1.07 bits per heavy atom. The molecule has 0 atom stereocenters. The first-order chi connectivity index (χ1) is 35.9. The van der Waals surface area contributed by atoms with Gasteiger partial charge in [-0.15, -0.1) is 11.3 Å². The van der Waals surface area contributed by atoms with Crippen molar-refractivity contribution in [3.05, 3.63) is 181 Å².